The number of aryl methyl sites for hydroxylation is 2. The number of imidazole rings is 1. The molecule has 12 heteroatoms. The molecule has 0 fully saturated rings. The van der Waals surface area contributed by atoms with Gasteiger partial charge < -0.3 is 15.2 Å². The molecule has 2 atom stereocenters. The molecule has 2 N–H and O–H groups in total. The van der Waals surface area contributed by atoms with E-state index in [1.165, 1.54) is 10.5 Å². The summed E-state index contributed by atoms with van der Waals surface area (Å²) in [7, 11) is 0. The Balaban J connectivity index is 1.58. The van der Waals surface area contributed by atoms with Crippen molar-refractivity contribution in [3.63, 3.8) is 0 Å². The zero-order valence-electron chi connectivity index (χ0n) is 19.2. The lowest BCUT2D eigenvalue weighted by molar-refractivity contribution is -0.286. The minimum Gasteiger partial charge on any atom is -0.490 e. The summed E-state index contributed by atoms with van der Waals surface area (Å²) in [4.78, 5) is 17.5. The van der Waals surface area contributed by atoms with Crippen LogP contribution in [0, 0.1) is 19.8 Å². The number of ether oxygens (including phenoxy) is 1. The fourth-order valence-corrected chi connectivity index (χ4v) is 4.49. The lowest BCUT2D eigenvalue weighted by Crippen LogP contribution is -2.37. The Kier molecular flexibility index (Phi) is 6.67. The van der Waals surface area contributed by atoms with Crippen LogP contribution in [0.25, 0.3) is 5.65 Å². The number of aliphatic hydroxyl groups excluding tert-OH is 1. The van der Waals surface area contributed by atoms with Gasteiger partial charge in [-0.05, 0) is 36.6 Å². The third kappa shape index (κ3) is 4.99. The monoisotopic (exact) mass is 515 g/mol. The van der Waals surface area contributed by atoms with Gasteiger partial charge in [-0.2, -0.15) is 26.3 Å². The van der Waals surface area contributed by atoms with Crippen molar-refractivity contribution in [2.45, 2.75) is 51.2 Å². The Hall–Kier alpha value is -3.28. The summed E-state index contributed by atoms with van der Waals surface area (Å²) in [5.74, 6) is -4.12. The summed E-state index contributed by atoms with van der Waals surface area (Å²) in [6.07, 6.45) is -11.1. The predicted octanol–water partition coefficient (Wildman–Crippen LogP) is 4.85. The molecule has 0 spiro atoms. The molecular formula is C24H23F6N3O3. The summed E-state index contributed by atoms with van der Waals surface area (Å²) < 4.78 is 83.7. The van der Waals surface area contributed by atoms with Crippen LogP contribution in [-0.4, -0.2) is 45.5 Å². The predicted molar refractivity (Wildman–Crippen MR) is 117 cm³/mol. The van der Waals surface area contributed by atoms with Gasteiger partial charge in [-0.3, -0.25) is 9.20 Å². The van der Waals surface area contributed by atoms with Crippen molar-refractivity contribution < 1.29 is 41.0 Å². The van der Waals surface area contributed by atoms with Crippen molar-refractivity contribution in [2.24, 2.45) is 5.92 Å². The van der Waals surface area contributed by atoms with Crippen molar-refractivity contribution in [3.05, 3.63) is 64.6 Å². The van der Waals surface area contributed by atoms with E-state index in [-0.39, 0.29) is 22.8 Å². The van der Waals surface area contributed by atoms with Gasteiger partial charge in [-0.1, -0.05) is 24.3 Å². The van der Waals surface area contributed by atoms with Gasteiger partial charge >= 0.3 is 12.4 Å². The number of fused-ring (bicyclic) bond motifs is 2. The van der Waals surface area contributed by atoms with Crippen LogP contribution in [0.2, 0.25) is 0 Å². The second-order valence-corrected chi connectivity index (χ2v) is 8.82. The lowest BCUT2D eigenvalue weighted by Gasteiger charge is -2.22. The van der Waals surface area contributed by atoms with Gasteiger partial charge in [-0.25, -0.2) is 4.98 Å². The van der Waals surface area contributed by atoms with E-state index in [2.05, 4.69) is 10.3 Å². The van der Waals surface area contributed by atoms with E-state index in [1.807, 2.05) is 18.2 Å². The third-order valence-corrected chi connectivity index (χ3v) is 6.16. The standard InChI is InChI=1S/C24H23F6N3O3/c1-12-9-17(36-8-7-18(23(25,26)27)24(28,29)30)21-31-13(2)20(33(21)11-12)22(35)32-19-15-6-4-3-5-14(15)10-16(19)34/h3-6,9,11,16,18-19,34H,7-8,10H2,1-2H3,(H,32,35). The van der Waals surface area contributed by atoms with Crippen LogP contribution >= 0.6 is 0 Å². The highest BCUT2D eigenvalue weighted by molar-refractivity contribution is 5.95. The second kappa shape index (κ2) is 9.30. The SMILES string of the molecule is Cc1cc(OCCC(C(F)(F)F)C(F)(F)F)c2nc(C)c(C(=O)NC3c4ccccc4CC3O)n2c1. The molecule has 0 radical (unpaired) electrons. The van der Waals surface area contributed by atoms with E-state index >= 15 is 0 Å². The van der Waals surface area contributed by atoms with Crippen LogP contribution in [-0.2, 0) is 6.42 Å². The molecular weight excluding hydrogens is 492 g/mol. The van der Waals surface area contributed by atoms with Crippen LogP contribution in [0.4, 0.5) is 26.3 Å². The van der Waals surface area contributed by atoms with Crippen molar-refractivity contribution >= 4 is 11.6 Å². The van der Waals surface area contributed by atoms with Crippen LogP contribution in [0.5, 0.6) is 5.75 Å². The van der Waals surface area contributed by atoms with Gasteiger partial charge in [0.25, 0.3) is 5.91 Å². The highest BCUT2D eigenvalue weighted by Crippen LogP contribution is 2.41. The maximum atomic E-state index is 13.2. The van der Waals surface area contributed by atoms with Gasteiger partial charge in [0.2, 0.25) is 0 Å². The first kappa shape index (κ1) is 25.8. The molecule has 2 unspecified atom stereocenters. The lowest BCUT2D eigenvalue weighted by atomic mass is 10.1. The zero-order valence-corrected chi connectivity index (χ0v) is 19.2. The first-order valence-corrected chi connectivity index (χ1v) is 11.1. The average molecular weight is 515 g/mol. The first-order chi connectivity index (χ1) is 16.8. The van der Waals surface area contributed by atoms with E-state index in [9.17, 15) is 36.2 Å². The molecule has 6 nitrogen and oxygen atoms in total. The van der Waals surface area contributed by atoms with Crippen LogP contribution in [0.1, 0.15) is 45.3 Å². The molecule has 0 bridgehead atoms. The number of nitrogens with one attached hydrogen (secondary N) is 1. The zero-order chi connectivity index (χ0) is 26.4. The minimum absolute atomic E-state index is 0.0495. The second-order valence-electron chi connectivity index (χ2n) is 8.82. The Morgan fingerprint density at radius 2 is 1.86 bits per heavy atom. The Morgan fingerprint density at radius 3 is 2.53 bits per heavy atom. The number of aromatic nitrogens is 2. The number of hydrogen-bond donors (Lipinski definition) is 2. The number of pyridine rings is 1. The number of alkyl halides is 6. The number of hydrogen-bond acceptors (Lipinski definition) is 4. The fraction of sp³-hybridized carbons (Fsp3) is 0.417. The normalized spacial score (nSPS) is 18.1. The molecule has 1 aliphatic rings. The summed E-state index contributed by atoms with van der Waals surface area (Å²) in [5.41, 5.74) is 2.69. The molecule has 1 amide bonds. The minimum atomic E-state index is -5.46. The van der Waals surface area contributed by atoms with Crippen molar-refractivity contribution in [1.29, 1.82) is 0 Å². The molecule has 1 aliphatic carbocycles. The van der Waals surface area contributed by atoms with Gasteiger partial charge in [0.1, 0.15) is 5.69 Å². The van der Waals surface area contributed by atoms with E-state index in [0.717, 1.165) is 11.1 Å². The number of amides is 1. The highest BCUT2D eigenvalue weighted by atomic mass is 19.4. The van der Waals surface area contributed by atoms with E-state index in [4.69, 9.17) is 4.74 Å². The molecule has 0 saturated heterocycles. The number of aliphatic hydroxyl groups is 1. The molecule has 2 aromatic heterocycles. The van der Waals surface area contributed by atoms with Crippen LogP contribution < -0.4 is 10.1 Å². The Bertz CT molecular complexity index is 1270. The molecule has 0 saturated carbocycles. The van der Waals surface area contributed by atoms with E-state index < -0.39 is 49.4 Å². The highest BCUT2D eigenvalue weighted by Gasteiger charge is 2.56. The van der Waals surface area contributed by atoms with Crippen LogP contribution in [0.15, 0.2) is 36.5 Å². The summed E-state index contributed by atoms with van der Waals surface area (Å²) in [6, 6.07) is 8.07. The van der Waals surface area contributed by atoms with Crippen molar-refractivity contribution in [2.75, 3.05) is 6.61 Å². The van der Waals surface area contributed by atoms with Gasteiger partial charge in [-0.15, -0.1) is 0 Å². The van der Waals surface area contributed by atoms with Gasteiger partial charge in [0.05, 0.1) is 24.4 Å². The van der Waals surface area contributed by atoms with Gasteiger partial charge in [0.15, 0.2) is 17.3 Å². The topological polar surface area (TPSA) is 75.9 Å². The van der Waals surface area contributed by atoms with E-state index in [0.29, 0.717) is 12.0 Å². The maximum Gasteiger partial charge on any atom is 0.400 e. The van der Waals surface area contributed by atoms with Crippen LogP contribution in [0.3, 0.4) is 0 Å². The smallest absolute Gasteiger partial charge is 0.400 e. The molecule has 3 aromatic rings. The summed E-state index contributed by atoms with van der Waals surface area (Å²) in [5, 5.41) is 13.3. The molecule has 36 heavy (non-hydrogen) atoms. The van der Waals surface area contributed by atoms with E-state index in [1.54, 1.807) is 26.1 Å². The molecule has 4 rings (SSSR count). The average Bonchev–Trinajstić information content (AvgIpc) is 3.25. The molecule has 0 aliphatic heterocycles. The largest absolute Gasteiger partial charge is 0.490 e. The molecule has 194 valence electrons. The first-order valence-electron chi connectivity index (χ1n) is 11.1. The maximum absolute atomic E-state index is 13.2. The Labute approximate surface area is 201 Å². The molecule has 1 aromatic carbocycles. The fourth-order valence-electron chi connectivity index (χ4n) is 4.49. The summed E-state index contributed by atoms with van der Waals surface area (Å²) in [6.45, 7) is 2.32. The summed E-state index contributed by atoms with van der Waals surface area (Å²) >= 11 is 0. The number of rotatable bonds is 6. The number of carbonyl (C=O) groups is 1. The number of benzene rings is 1. The number of nitrogens with zero attached hydrogens (tertiary/aromatic N) is 2. The third-order valence-electron chi connectivity index (χ3n) is 6.16. The number of carbonyl (C=O) groups excluding carboxylic acids is 1. The van der Waals surface area contributed by atoms with Crippen molar-refractivity contribution in [3.8, 4) is 5.75 Å². The molecule has 2 heterocycles. The van der Waals surface area contributed by atoms with Crippen molar-refractivity contribution in [1.82, 2.24) is 14.7 Å². The number of halogens is 6. The quantitative estimate of drug-likeness (QED) is 0.461. The Morgan fingerprint density at radius 1 is 1.19 bits per heavy atom. The van der Waals surface area contributed by atoms with Gasteiger partial charge in [0, 0.05) is 19.0 Å².